The van der Waals surface area contributed by atoms with Crippen LogP contribution >= 0.6 is 23.2 Å². The van der Waals surface area contributed by atoms with E-state index in [1.807, 2.05) is 25.1 Å². The minimum atomic E-state index is 0.0472. The Bertz CT molecular complexity index is 450. The third-order valence-electron chi connectivity index (χ3n) is 2.49. The van der Waals surface area contributed by atoms with E-state index < -0.39 is 0 Å². The van der Waals surface area contributed by atoms with Crippen LogP contribution in [0.1, 0.15) is 33.3 Å². The van der Waals surface area contributed by atoms with Crippen LogP contribution < -0.4 is 10.1 Å². The van der Waals surface area contributed by atoms with Crippen molar-refractivity contribution in [2.75, 3.05) is 6.61 Å². The Labute approximate surface area is 125 Å². The maximum Gasteiger partial charge on any atom is 0.142 e. The Morgan fingerprint density at radius 2 is 2.05 bits per heavy atom. The second kappa shape index (κ2) is 7.18. The molecule has 0 aromatic heterocycles. The normalized spacial score (nSPS) is 12.6. The molecule has 0 radical (unpaired) electrons. The highest BCUT2D eigenvalue weighted by Crippen LogP contribution is 2.29. The van der Waals surface area contributed by atoms with E-state index in [9.17, 15) is 0 Å². The Kier molecular flexibility index (Phi) is 6.18. The zero-order chi connectivity index (χ0) is 14.5. The van der Waals surface area contributed by atoms with Gasteiger partial charge in [0.1, 0.15) is 12.4 Å². The molecule has 0 aliphatic carbocycles. The van der Waals surface area contributed by atoms with Crippen LogP contribution in [0.25, 0.3) is 0 Å². The summed E-state index contributed by atoms with van der Waals surface area (Å²) < 4.78 is 5.76. The fraction of sp³-hybridized carbons (Fsp3) is 0.467. The summed E-state index contributed by atoms with van der Waals surface area (Å²) in [6, 6.07) is 5.77. The smallest absolute Gasteiger partial charge is 0.142 e. The molecule has 0 saturated heterocycles. The molecule has 0 amide bonds. The van der Waals surface area contributed by atoms with Gasteiger partial charge >= 0.3 is 0 Å². The molecule has 0 unspecified atom stereocenters. The first-order valence-corrected chi connectivity index (χ1v) is 7.06. The molecule has 0 bridgehead atoms. The van der Waals surface area contributed by atoms with Crippen molar-refractivity contribution in [3.05, 3.63) is 39.9 Å². The first-order chi connectivity index (χ1) is 8.83. The molecule has 19 heavy (non-hydrogen) atoms. The van der Waals surface area contributed by atoms with Crippen molar-refractivity contribution in [1.29, 1.82) is 0 Å². The third kappa shape index (κ3) is 5.85. The van der Waals surface area contributed by atoms with E-state index in [2.05, 4.69) is 26.1 Å². The zero-order valence-electron chi connectivity index (χ0n) is 11.9. The molecule has 0 aliphatic heterocycles. The van der Waals surface area contributed by atoms with Gasteiger partial charge in [0.15, 0.2) is 0 Å². The molecule has 0 heterocycles. The van der Waals surface area contributed by atoms with Crippen LogP contribution in [0.2, 0.25) is 5.02 Å². The predicted molar refractivity (Wildman–Crippen MR) is 83.1 cm³/mol. The fourth-order valence-electron chi connectivity index (χ4n) is 1.43. The van der Waals surface area contributed by atoms with E-state index in [-0.39, 0.29) is 5.54 Å². The van der Waals surface area contributed by atoms with Gasteiger partial charge < -0.3 is 10.1 Å². The highest BCUT2D eigenvalue weighted by Gasteiger charge is 2.13. The van der Waals surface area contributed by atoms with Gasteiger partial charge in [-0.05, 0) is 39.3 Å². The molecular weight excluding hydrogens is 281 g/mol. The van der Waals surface area contributed by atoms with E-state index in [0.717, 1.165) is 16.9 Å². The van der Waals surface area contributed by atoms with Gasteiger partial charge in [-0.3, -0.25) is 0 Å². The molecule has 0 spiro atoms. The van der Waals surface area contributed by atoms with Gasteiger partial charge in [-0.15, -0.1) is 0 Å². The van der Waals surface area contributed by atoms with Gasteiger partial charge in [-0.1, -0.05) is 35.3 Å². The number of ether oxygens (including phenoxy) is 1. The summed E-state index contributed by atoms with van der Waals surface area (Å²) in [5, 5.41) is 4.05. The quantitative estimate of drug-likeness (QED) is 0.847. The number of benzene rings is 1. The minimum Gasteiger partial charge on any atom is -0.487 e. The lowest BCUT2D eigenvalue weighted by Gasteiger charge is -2.22. The van der Waals surface area contributed by atoms with Crippen LogP contribution in [-0.4, -0.2) is 12.1 Å². The molecule has 1 N–H and O–H groups in total. The molecular formula is C15H21Cl2NO. The van der Waals surface area contributed by atoms with E-state index in [1.165, 1.54) is 5.54 Å². The van der Waals surface area contributed by atoms with Gasteiger partial charge in [0, 0.05) is 23.2 Å². The molecule has 0 saturated carbocycles. The summed E-state index contributed by atoms with van der Waals surface area (Å²) in [6.07, 6.45) is 0. The highest BCUT2D eigenvalue weighted by molar-refractivity contribution is 6.32. The van der Waals surface area contributed by atoms with Crippen molar-refractivity contribution < 1.29 is 4.74 Å². The van der Waals surface area contributed by atoms with Crippen molar-refractivity contribution in [1.82, 2.24) is 5.32 Å². The maximum absolute atomic E-state index is 6.20. The summed E-state index contributed by atoms with van der Waals surface area (Å²) in [6.45, 7) is 9.44. The molecule has 0 atom stereocenters. The Morgan fingerprint density at radius 3 is 2.63 bits per heavy atom. The molecule has 0 aliphatic rings. The van der Waals surface area contributed by atoms with Gasteiger partial charge in [-0.25, -0.2) is 0 Å². The third-order valence-corrected chi connectivity index (χ3v) is 3.16. The van der Waals surface area contributed by atoms with Gasteiger partial charge in [-0.2, -0.15) is 0 Å². The summed E-state index contributed by atoms with van der Waals surface area (Å²) in [4.78, 5) is 0. The van der Waals surface area contributed by atoms with Gasteiger partial charge in [0.05, 0.1) is 5.02 Å². The van der Waals surface area contributed by atoms with Crippen molar-refractivity contribution in [2.24, 2.45) is 0 Å². The number of hydrogen-bond donors (Lipinski definition) is 1. The second-order valence-electron chi connectivity index (χ2n) is 5.58. The lowest BCUT2D eigenvalue weighted by Crippen LogP contribution is -2.35. The number of rotatable bonds is 5. The average molecular weight is 302 g/mol. The fourth-order valence-corrected chi connectivity index (χ4v) is 1.74. The predicted octanol–water partition coefficient (Wildman–Crippen LogP) is 4.75. The number of hydrogen-bond acceptors (Lipinski definition) is 2. The van der Waals surface area contributed by atoms with Crippen LogP contribution in [0.15, 0.2) is 29.3 Å². The van der Waals surface area contributed by atoms with E-state index in [0.29, 0.717) is 18.2 Å². The van der Waals surface area contributed by atoms with Crippen molar-refractivity contribution in [3.8, 4) is 5.75 Å². The van der Waals surface area contributed by atoms with Crippen LogP contribution in [0.4, 0.5) is 0 Å². The lowest BCUT2D eigenvalue weighted by atomic mass is 10.1. The summed E-state index contributed by atoms with van der Waals surface area (Å²) >= 11 is 11.8. The monoisotopic (exact) mass is 301 g/mol. The average Bonchev–Trinajstić information content (AvgIpc) is 2.33. The van der Waals surface area contributed by atoms with E-state index in [1.54, 1.807) is 0 Å². The van der Waals surface area contributed by atoms with Crippen molar-refractivity contribution in [2.45, 2.75) is 39.8 Å². The van der Waals surface area contributed by atoms with Gasteiger partial charge in [0.2, 0.25) is 0 Å². The first-order valence-electron chi connectivity index (χ1n) is 6.24. The number of para-hydroxylation sites is 1. The summed E-state index contributed by atoms with van der Waals surface area (Å²) in [5.41, 5.74) is 3.57. The molecule has 1 aromatic rings. The zero-order valence-corrected chi connectivity index (χ0v) is 13.4. The van der Waals surface area contributed by atoms with Crippen LogP contribution in [0.5, 0.6) is 5.75 Å². The number of halogens is 2. The number of nitrogens with one attached hydrogen (secondary N) is 1. The van der Waals surface area contributed by atoms with E-state index >= 15 is 0 Å². The minimum absolute atomic E-state index is 0.0472. The highest BCUT2D eigenvalue weighted by atomic mass is 35.5. The van der Waals surface area contributed by atoms with E-state index in [4.69, 9.17) is 27.9 Å². The van der Waals surface area contributed by atoms with Crippen molar-refractivity contribution >= 4 is 23.2 Å². The summed E-state index contributed by atoms with van der Waals surface area (Å²) in [5.74, 6) is 0.721. The molecule has 4 heteroatoms. The molecule has 1 aromatic carbocycles. The molecule has 0 fully saturated rings. The van der Waals surface area contributed by atoms with Gasteiger partial charge in [0.25, 0.3) is 0 Å². The van der Waals surface area contributed by atoms with Crippen LogP contribution in [0.3, 0.4) is 0 Å². The maximum atomic E-state index is 6.20. The molecule has 1 rings (SSSR count). The Balaban J connectivity index is 2.83. The first kappa shape index (κ1) is 16.4. The lowest BCUT2D eigenvalue weighted by molar-refractivity contribution is 0.343. The van der Waals surface area contributed by atoms with Crippen LogP contribution in [0, 0.1) is 0 Å². The Morgan fingerprint density at radius 1 is 1.37 bits per heavy atom. The second-order valence-corrected chi connectivity index (χ2v) is 6.20. The Hall–Kier alpha value is -0.700. The largest absolute Gasteiger partial charge is 0.487 e. The van der Waals surface area contributed by atoms with Crippen LogP contribution in [-0.2, 0) is 6.54 Å². The SMILES string of the molecule is C/C(=C/Cl)COc1c(Cl)cccc1CNC(C)(C)C. The molecule has 2 nitrogen and oxygen atoms in total. The topological polar surface area (TPSA) is 21.3 Å². The van der Waals surface area contributed by atoms with Crippen molar-refractivity contribution in [3.63, 3.8) is 0 Å². The summed E-state index contributed by atoms with van der Waals surface area (Å²) in [7, 11) is 0. The molecule has 106 valence electrons. The standard InChI is InChI=1S/C15H21Cl2NO/c1-11(8-16)10-19-14-12(6-5-7-13(14)17)9-18-15(2,3)4/h5-8,18H,9-10H2,1-4H3/b11-8-.